The smallest absolute Gasteiger partial charge is 0.293 e. The van der Waals surface area contributed by atoms with Gasteiger partial charge < -0.3 is 14.6 Å². The van der Waals surface area contributed by atoms with Gasteiger partial charge in [0.2, 0.25) is 0 Å². The molecule has 2 amide bonds. The molecule has 1 saturated heterocycles. The summed E-state index contributed by atoms with van der Waals surface area (Å²) in [5.41, 5.74) is 0.648. The second-order valence-corrected chi connectivity index (χ2v) is 6.46. The summed E-state index contributed by atoms with van der Waals surface area (Å²) in [7, 11) is 1.51. The molecule has 8 heteroatoms. The van der Waals surface area contributed by atoms with Gasteiger partial charge in [0.15, 0.2) is 11.5 Å². The molecule has 1 N–H and O–H groups in total. The van der Waals surface area contributed by atoms with E-state index in [-0.39, 0.29) is 23.4 Å². The van der Waals surface area contributed by atoms with Gasteiger partial charge in [0.1, 0.15) is 0 Å². The lowest BCUT2D eigenvalue weighted by Crippen LogP contribution is -2.31. The molecule has 0 radical (unpaired) electrons. The maximum atomic E-state index is 12.3. The van der Waals surface area contributed by atoms with E-state index in [1.54, 1.807) is 25.1 Å². The largest absolute Gasteiger partial charge is 0.503 e. The average molecular weight is 402 g/mol. The summed E-state index contributed by atoms with van der Waals surface area (Å²) in [5.74, 6) is -0.0388. The van der Waals surface area contributed by atoms with Crippen molar-refractivity contribution in [2.24, 2.45) is 0 Å². The molecule has 0 atom stereocenters. The first-order valence-electron chi connectivity index (χ1n) is 6.87. The number of methoxy groups -OCH3 is 1. The van der Waals surface area contributed by atoms with Gasteiger partial charge in [0, 0.05) is 7.11 Å². The molecule has 0 aliphatic carbocycles. The van der Waals surface area contributed by atoms with E-state index in [4.69, 9.17) is 9.47 Å². The third-order valence-electron chi connectivity index (χ3n) is 3.04. The van der Waals surface area contributed by atoms with Crippen LogP contribution in [-0.2, 0) is 9.53 Å². The zero-order chi connectivity index (χ0) is 17.0. The third-order valence-corrected chi connectivity index (χ3v) is 4.55. The third kappa shape index (κ3) is 4.07. The lowest BCUT2D eigenvalue weighted by atomic mass is 10.2. The first kappa shape index (κ1) is 17.8. The molecule has 6 nitrogen and oxygen atoms in total. The Labute approximate surface area is 146 Å². The van der Waals surface area contributed by atoms with Crippen LogP contribution in [0, 0.1) is 0 Å². The Bertz CT molecular complexity index is 662. The number of phenolic OH excluding ortho intramolecular Hbond substituents is 1. The molecule has 1 fully saturated rings. The van der Waals surface area contributed by atoms with Gasteiger partial charge >= 0.3 is 0 Å². The first-order valence-corrected chi connectivity index (χ1v) is 8.48. The van der Waals surface area contributed by atoms with Gasteiger partial charge in [-0.05, 0) is 58.4 Å². The minimum Gasteiger partial charge on any atom is -0.503 e. The molecule has 124 valence electrons. The number of hydrogen-bond donors (Lipinski definition) is 1. The summed E-state index contributed by atoms with van der Waals surface area (Å²) in [6.07, 6.45) is 1.60. The Balaban J connectivity index is 2.28. The summed E-state index contributed by atoms with van der Waals surface area (Å²) in [6.45, 7) is 2.73. The number of carbonyl (C=O) groups is 2. The molecule has 1 aliphatic heterocycles. The molecule has 2 rings (SSSR count). The van der Waals surface area contributed by atoms with Crippen LogP contribution in [0.3, 0.4) is 0 Å². The Morgan fingerprint density at radius 1 is 1.39 bits per heavy atom. The van der Waals surface area contributed by atoms with E-state index in [1.807, 2.05) is 0 Å². The van der Waals surface area contributed by atoms with Gasteiger partial charge in [-0.25, -0.2) is 0 Å². The van der Waals surface area contributed by atoms with E-state index < -0.39 is 0 Å². The minimum absolute atomic E-state index is 0.00259. The minimum atomic E-state index is -0.348. The van der Waals surface area contributed by atoms with Gasteiger partial charge in [0.05, 0.1) is 29.1 Å². The molecule has 0 bridgehead atoms. The highest BCUT2D eigenvalue weighted by Gasteiger charge is 2.34. The monoisotopic (exact) mass is 401 g/mol. The van der Waals surface area contributed by atoms with Gasteiger partial charge in [-0.3, -0.25) is 14.5 Å². The number of halogens is 1. The molecule has 1 aliphatic rings. The number of imide groups is 1. The molecular weight excluding hydrogens is 386 g/mol. The van der Waals surface area contributed by atoms with E-state index in [0.29, 0.717) is 33.9 Å². The SMILES string of the molecule is CCOc1cc(/C=C2/SC(=O)N(CCOC)C2=O)cc(Br)c1O. The molecular formula is C15H16BrNO5S. The zero-order valence-electron chi connectivity index (χ0n) is 12.7. The summed E-state index contributed by atoms with van der Waals surface area (Å²) < 4.78 is 10.7. The quantitative estimate of drug-likeness (QED) is 0.737. The number of ether oxygens (including phenoxy) is 2. The topological polar surface area (TPSA) is 76.1 Å². The van der Waals surface area contributed by atoms with Crippen LogP contribution in [-0.4, -0.2) is 48.0 Å². The number of thioether (sulfide) groups is 1. The molecule has 0 saturated carbocycles. The van der Waals surface area contributed by atoms with Crippen molar-refractivity contribution in [1.82, 2.24) is 4.90 Å². The molecule has 1 heterocycles. The Morgan fingerprint density at radius 2 is 2.13 bits per heavy atom. The van der Waals surface area contributed by atoms with Crippen LogP contribution >= 0.6 is 27.7 Å². The summed E-state index contributed by atoms with van der Waals surface area (Å²) in [5, 5.41) is 9.59. The van der Waals surface area contributed by atoms with Crippen molar-refractivity contribution in [1.29, 1.82) is 0 Å². The van der Waals surface area contributed by atoms with Gasteiger partial charge in [-0.1, -0.05) is 0 Å². The number of phenols is 1. The van der Waals surface area contributed by atoms with Crippen LogP contribution in [0.4, 0.5) is 4.79 Å². The molecule has 0 aromatic heterocycles. The fourth-order valence-corrected chi connectivity index (χ4v) is 3.29. The Kier molecular flexibility index (Phi) is 6.09. The molecule has 23 heavy (non-hydrogen) atoms. The molecule has 0 spiro atoms. The van der Waals surface area contributed by atoms with Crippen LogP contribution < -0.4 is 4.74 Å². The van der Waals surface area contributed by atoms with Crippen molar-refractivity contribution in [3.8, 4) is 11.5 Å². The fourth-order valence-electron chi connectivity index (χ4n) is 1.97. The highest BCUT2D eigenvalue weighted by Crippen LogP contribution is 2.38. The maximum absolute atomic E-state index is 12.3. The number of hydrogen-bond acceptors (Lipinski definition) is 6. The van der Waals surface area contributed by atoms with Crippen molar-refractivity contribution in [2.45, 2.75) is 6.92 Å². The highest BCUT2D eigenvalue weighted by atomic mass is 79.9. The highest BCUT2D eigenvalue weighted by molar-refractivity contribution is 9.10. The predicted molar refractivity (Wildman–Crippen MR) is 91.5 cm³/mol. The van der Waals surface area contributed by atoms with Gasteiger partial charge in [-0.15, -0.1) is 0 Å². The van der Waals surface area contributed by atoms with Crippen LogP contribution in [0.25, 0.3) is 6.08 Å². The second kappa shape index (κ2) is 7.85. The Morgan fingerprint density at radius 3 is 2.78 bits per heavy atom. The second-order valence-electron chi connectivity index (χ2n) is 4.61. The predicted octanol–water partition coefficient (Wildman–Crippen LogP) is 3.24. The number of amides is 2. The van der Waals surface area contributed by atoms with Crippen molar-refractivity contribution in [3.05, 3.63) is 27.1 Å². The van der Waals surface area contributed by atoms with Crippen molar-refractivity contribution in [2.75, 3.05) is 26.9 Å². The molecule has 1 aromatic carbocycles. The maximum Gasteiger partial charge on any atom is 0.293 e. The standard InChI is InChI=1S/C15H16BrNO5S/c1-3-22-11-7-9(6-10(16)13(11)18)8-12-14(19)17(4-5-21-2)15(20)23-12/h6-8,18H,3-5H2,1-2H3/b12-8+. The van der Waals surface area contributed by atoms with E-state index in [0.717, 1.165) is 16.7 Å². The lowest BCUT2D eigenvalue weighted by molar-refractivity contribution is -0.123. The van der Waals surface area contributed by atoms with E-state index >= 15 is 0 Å². The molecule has 1 aromatic rings. The average Bonchev–Trinajstić information content (AvgIpc) is 2.77. The van der Waals surface area contributed by atoms with Crippen LogP contribution in [0.2, 0.25) is 0 Å². The molecule has 0 unspecified atom stereocenters. The van der Waals surface area contributed by atoms with Crippen LogP contribution in [0.15, 0.2) is 21.5 Å². The number of rotatable bonds is 6. The van der Waals surface area contributed by atoms with Gasteiger partial charge in [0.25, 0.3) is 11.1 Å². The van der Waals surface area contributed by atoms with Gasteiger partial charge in [-0.2, -0.15) is 0 Å². The van der Waals surface area contributed by atoms with E-state index in [1.165, 1.54) is 7.11 Å². The Hall–Kier alpha value is -1.51. The summed E-state index contributed by atoms with van der Waals surface area (Å²) in [6, 6.07) is 3.27. The fraction of sp³-hybridized carbons (Fsp3) is 0.333. The van der Waals surface area contributed by atoms with Crippen molar-refractivity contribution in [3.63, 3.8) is 0 Å². The van der Waals surface area contributed by atoms with Crippen LogP contribution in [0.5, 0.6) is 11.5 Å². The number of aromatic hydroxyl groups is 1. The van der Waals surface area contributed by atoms with Crippen LogP contribution in [0.1, 0.15) is 12.5 Å². The van der Waals surface area contributed by atoms with E-state index in [2.05, 4.69) is 15.9 Å². The number of nitrogens with zero attached hydrogens (tertiary/aromatic N) is 1. The van der Waals surface area contributed by atoms with Crippen molar-refractivity contribution >= 4 is 44.9 Å². The number of benzene rings is 1. The summed E-state index contributed by atoms with van der Waals surface area (Å²) >= 11 is 4.13. The zero-order valence-corrected chi connectivity index (χ0v) is 15.1. The number of carbonyl (C=O) groups excluding carboxylic acids is 2. The van der Waals surface area contributed by atoms with E-state index in [9.17, 15) is 14.7 Å². The normalized spacial score (nSPS) is 16.5. The van der Waals surface area contributed by atoms with Crippen molar-refractivity contribution < 1.29 is 24.2 Å². The summed E-state index contributed by atoms with van der Waals surface area (Å²) in [4.78, 5) is 25.6. The lowest BCUT2D eigenvalue weighted by Gasteiger charge is -2.11. The first-order chi connectivity index (χ1) is 11.0.